The highest BCUT2D eigenvalue weighted by atomic mass is 79.9. The number of rotatable bonds is 10. The van der Waals surface area contributed by atoms with Gasteiger partial charge in [-0.2, -0.15) is 0 Å². The molecule has 40 heavy (non-hydrogen) atoms. The number of benzene rings is 3. The molecule has 0 aromatic heterocycles. The van der Waals surface area contributed by atoms with Crippen LogP contribution < -0.4 is 19.1 Å². The van der Waals surface area contributed by atoms with Gasteiger partial charge in [0.1, 0.15) is 24.6 Å². The van der Waals surface area contributed by atoms with Gasteiger partial charge in [0.2, 0.25) is 0 Å². The van der Waals surface area contributed by atoms with Crippen molar-refractivity contribution in [3.8, 4) is 17.2 Å². The molecular weight excluding hydrogens is 620 g/mol. The van der Waals surface area contributed by atoms with E-state index >= 15 is 0 Å². The van der Waals surface area contributed by atoms with Crippen molar-refractivity contribution in [1.29, 1.82) is 0 Å². The van der Waals surface area contributed by atoms with Crippen molar-refractivity contribution in [3.63, 3.8) is 0 Å². The van der Waals surface area contributed by atoms with Gasteiger partial charge >= 0.3 is 5.97 Å². The topological polar surface area (TPSA) is 77.5 Å². The molecule has 0 spiro atoms. The summed E-state index contributed by atoms with van der Waals surface area (Å²) in [6.07, 6.45) is 1.65. The summed E-state index contributed by atoms with van der Waals surface area (Å²) in [6, 6.07) is 17.8. The van der Waals surface area contributed by atoms with Gasteiger partial charge < -0.3 is 23.8 Å². The maximum Gasteiger partial charge on any atom is 0.325 e. The van der Waals surface area contributed by atoms with Crippen LogP contribution in [0.1, 0.15) is 18.1 Å². The molecule has 1 saturated heterocycles. The van der Waals surface area contributed by atoms with E-state index in [1.54, 1.807) is 61.7 Å². The molecule has 3 aromatic rings. The van der Waals surface area contributed by atoms with Crippen LogP contribution in [0.5, 0.6) is 17.2 Å². The number of halogens is 2. The molecule has 0 bridgehead atoms. The Kier molecular flexibility index (Phi) is 9.67. The normalized spacial score (nSPS) is 14.1. The molecule has 0 unspecified atom stereocenters. The fourth-order valence-electron chi connectivity index (χ4n) is 3.95. The summed E-state index contributed by atoms with van der Waals surface area (Å²) in [7, 11) is 2.84. The van der Waals surface area contributed by atoms with Crippen LogP contribution in [-0.2, 0) is 20.9 Å². The molecule has 1 heterocycles. The van der Waals surface area contributed by atoms with Crippen molar-refractivity contribution in [1.82, 2.24) is 4.90 Å². The van der Waals surface area contributed by atoms with Crippen LogP contribution in [0.3, 0.4) is 0 Å². The molecule has 8 nitrogen and oxygen atoms in total. The molecule has 4 rings (SSSR count). The second kappa shape index (κ2) is 13.2. The number of carbonyl (C=O) groups is 2. The van der Waals surface area contributed by atoms with Crippen LogP contribution in [0.25, 0.3) is 6.08 Å². The molecule has 0 aliphatic carbocycles. The van der Waals surface area contributed by atoms with Crippen molar-refractivity contribution in [3.05, 3.63) is 87.0 Å². The summed E-state index contributed by atoms with van der Waals surface area (Å²) in [4.78, 5) is 28.7. The van der Waals surface area contributed by atoms with Crippen molar-refractivity contribution in [2.45, 2.75) is 13.5 Å². The van der Waals surface area contributed by atoms with Gasteiger partial charge in [0.25, 0.3) is 5.91 Å². The van der Waals surface area contributed by atoms with E-state index in [9.17, 15) is 9.59 Å². The molecule has 3 aromatic carbocycles. The quantitative estimate of drug-likeness (QED) is 0.146. The summed E-state index contributed by atoms with van der Waals surface area (Å²) in [6.45, 7) is 2.33. The molecule has 1 aliphatic heterocycles. The van der Waals surface area contributed by atoms with E-state index in [0.717, 1.165) is 5.56 Å². The van der Waals surface area contributed by atoms with Crippen molar-refractivity contribution < 1.29 is 28.5 Å². The summed E-state index contributed by atoms with van der Waals surface area (Å²) >= 11 is 15.2. The van der Waals surface area contributed by atoms with Gasteiger partial charge in [0, 0.05) is 5.02 Å². The zero-order valence-corrected chi connectivity index (χ0v) is 25.1. The van der Waals surface area contributed by atoms with Crippen LogP contribution in [0, 0.1) is 0 Å². The number of amides is 1. The van der Waals surface area contributed by atoms with E-state index < -0.39 is 11.9 Å². The summed E-state index contributed by atoms with van der Waals surface area (Å²) in [5, 5.41) is 0.795. The maximum absolute atomic E-state index is 13.7. The van der Waals surface area contributed by atoms with Crippen LogP contribution >= 0.6 is 39.7 Å². The first-order valence-corrected chi connectivity index (χ1v) is 13.8. The maximum atomic E-state index is 13.7. The Labute approximate surface area is 251 Å². The monoisotopic (exact) mass is 644 g/mol. The fourth-order valence-corrected chi connectivity index (χ4v) is 5.01. The number of ether oxygens (including phenoxy) is 4. The molecule has 0 saturated carbocycles. The third-order valence-electron chi connectivity index (χ3n) is 5.91. The lowest BCUT2D eigenvalue weighted by atomic mass is 10.1. The number of nitrogens with zero attached hydrogens (tertiary/aromatic N) is 2. The Balaban J connectivity index is 1.70. The van der Waals surface area contributed by atoms with Crippen molar-refractivity contribution in [2.24, 2.45) is 0 Å². The zero-order valence-electron chi connectivity index (χ0n) is 22.0. The third kappa shape index (κ3) is 6.57. The van der Waals surface area contributed by atoms with E-state index in [-0.39, 0.29) is 17.4 Å². The largest absolute Gasteiger partial charge is 0.497 e. The molecule has 1 fully saturated rings. The van der Waals surface area contributed by atoms with Gasteiger partial charge in [-0.25, -0.2) is 0 Å². The minimum Gasteiger partial charge on any atom is -0.497 e. The first-order valence-electron chi connectivity index (χ1n) is 12.2. The highest BCUT2D eigenvalue weighted by Gasteiger charge is 2.40. The van der Waals surface area contributed by atoms with Gasteiger partial charge in [-0.15, -0.1) is 0 Å². The second-order valence-electron chi connectivity index (χ2n) is 8.49. The Bertz CT molecular complexity index is 1450. The van der Waals surface area contributed by atoms with Gasteiger partial charge in [0.15, 0.2) is 16.6 Å². The average Bonchev–Trinajstić information content (AvgIpc) is 3.17. The molecule has 0 N–H and O–H groups in total. The van der Waals surface area contributed by atoms with Crippen LogP contribution in [-0.4, -0.2) is 49.3 Å². The predicted octanol–water partition coefficient (Wildman–Crippen LogP) is 6.24. The third-order valence-corrected chi connectivity index (χ3v) is 7.16. The molecule has 0 atom stereocenters. The Morgan fingerprint density at radius 1 is 1.05 bits per heavy atom. The molecule has 1 amide bonds. The number of hydrogen-bond acceptors (Lipinski definition) is 7. The standard InChI is InChI=1S/C29H26BrClN2O6S/c1-4-38-25-15-19(13-23(30)27(25)39-17-18-5-7-20(31)8-6-18)14-24-28(35)33(21-9-11-22(36-2)12-10-21)29(40)32(24)16-26(34)37-3/h5-15H,4,16-17H2,1-3H3/b24-14-. The Morgan fingerprint density at radius 2 is 1.75 bits per heavy atom. The zero-order chi connectivity index (χ0) is 28.8. The first-order chi connectivity index (χ1) is 19.2. The summed E-state index contributed by atoms with van der Waals surface area (Å²) in [5.41, 5.74) is 2.31. The van der Waals surface area contributed by atoms with Crippen molar-refractivity contribution in [2.75, 3.05) is 32.3 Å². The van der Waals surface area contributed by atoms with Crippen LogP contribution in [0.15, 0.2) is 70.8 Å². The minimum absolute atomic E-state index is 0.152. The number of hydrogen-bond donors (Lipinski definition) is 0. The number of methoxy groups -OCH3 is 2. The molecule has 1 aliphatic rings. The van der Waals surface area contributed by atoms with Gasteiger partial charge in [-0.3, -0.25) is 14.5 Å². The number of thiocarbonyl (C=S) groups is 1. The lowest BCUT2D eigenvalue weighted by molar-refractivity contribution is -0.140. The number of carbonyl (C=O) groups excluding carboxylic acids is 2. The lowest BCUT2D eigenvalue weighted by Gasteiger charge is -2.19. The second-order valence-corrected chi connectivity index (χ2v) is 10.1. The molecular formula is C29H26BrClN2O6S. The predicted molar refractivity (Wildman–Crippen MR) is 161 cm³/mol. The highest BCUT2D eigenvalue weighted by molar-refractivity contribution is 9.10. The van der Waals surface area contributed by atoms with Gasteiger partial charge in [0.05, 0.1) is 31.0 Å². The fraction of sp³-hybridized carbons (Fsp3) is 0.207. The van der Waals surface area contributed by atoms with Gasteiger partial charge in [-0.1, -0.05) is 23.7 Å². The Hall–Kier alpha value is -3.60. The van der Waals surface area contributed by atoms with Gasteiger partial charge in [-0.05, 0) is 101 Å². The van der Waals surface area contributed by atoms with E-state index in [1.807, 2.05) is 19.1 Å². The smallest absolute Gasteiger partial charge is 0.325 e. The van der Waals surface area contributed by atoms with E-state index in [2.05, 4.69) is 15.9 Å². The first kappa shape index (κ1) is 29.4. The molecule has 11 heteroatoms. The van der Waals surface area contributed by atoms with Crippen LogP contribution in [0.2, 0.25) is 5.02 Å². The summed E-state index contributed by atoms with van der Waals surface area (Å²) in [5.74, 6) is 0.696. The minimum atomic E-state index is -0.542. The molecule has 208 valence electrons. The van der Waals surface area contributed by atoms with Crippen LogP contribution in [0.4, 0.5) is 5.69 Å². The van der Waals surface area contributed by atoms with Crippen molar-refractivity contribution >= 4 is 68.5 Å². The number of esters is 1. The highest BCUT2D eigenvalue weighted by Crippen LogP contribution is 2.39. The van der Waals surface area contributed by atoms with E-state index in [0.29, 0.717) is 51.2 Å². The SMILES string of the molecule is CCOc1cc(/C=C2/C(=O)N(c3ccc(OC)cc3)C(=S)N2CC(=O)OC)cc(Br)c1OCc1ccc(Cl)cc1. The summed E-state index contributed by atoms with van der Waals surface area (Å²) < 4.78 is 22.7. The lowest BCUT2D eigenvalue weighted by Crippen LogP contribution is -2.35. The molecule has 0 radical (unpaired) electrons. The average molecular weight is 646 g/mol. The Morgan fingerprint density at radius 3 is 2.38 bits per heavy atom. The van der Waals surface area contributed by atoms with E-state index in [1.165, 1.54) is 16.9 Å². The number of anilines is 1. The van der Waals surface area contributed by atoms with E-state index in [4.69, 9.17) is 42.8 Å².